The van der Waals surface area contributed by atoms with Crippen molar-refractivity contribution in [1.29, 1.82) is 0 Å². The van der Waals surface area contributed by atoms with Crippen molar-refractivity contribution in [2.24, 2.45) is 5.92 Å². The SMILES string of the molecule is CC(C)CCC(C)(O)c1ccc(F)cc1. The van der Waals surface area contributed by atoms with E-state index in [1.807, 2.05) is 0 Å². The molecule has 0 saturated carbocycles. The summed E-state index contributed by atoms with van der Waals surface area (Å²) >= 11 is 0. The smallest absolute Gasteiger partial charge is 0.123 e. The number of hydrogen-bond acceptors (Lipinski definition) is 1. The Balaban J connectivity index is 2.72. The molecule has 2 heteroatoms. The molecule has 0 bridgehead atoms. The minimum absolute atomic E-state index is 0.265. The lowest BCUT2D eigenvalue weighted by Crippen LogP contribution is -2.21. The number of hydrogen-bond donors (Lipinski definition) is 1. The van der Waals surface area contributed by atoms with Gasteiger partial charge < -0.3 is 5.11 Å². The molecule has 0 aliphatic rings. The Morgan fingerprint density at radius 1 is 1.27 bits per heavy atom. The van der Waals surface area contributed by atoms with Gasteiger partial charge in [0.25, 0.3) is 0 Å². The van der Waals surface area contributed by atoms with Crippen LogP contribution >= 0.6 is 0 Å². The highest BCUT2D eigenvalue weighted by molar-refractivity contribution is 5.22. The standard InChI is InChI=1S/C13H19FO/c1-10(2)8-9-13(3,15)11-4-6-12(14)7-5-11/h4-7,10,15H,8-9H2,1-3H3. The van der Waals surface area contributed by atoms with E-state index in [1.54, 1.807) is 19.1 Å². The van der Waals surface area contributed by atoms with Crippen molar-refractivity contribution in [3.8, 4) is 0 Å². The number of benzene rings is 1. The molecule has 0 aromatic heterocycles. The van der Waals surface area contributed by atoms with Gasteiger partial charge in [0, 0.05) is 0 Å². The van der Waals surface area contributed by atoms with E-state index in [-0.39, 0.29) is 5.82 Å². The van der Waals surface area contributed by atoms with Gasteiger partial charge in [0.2, 0.25) is 0 Å². The second-order valence-electron chi connectivity index (χ2n) is 4.71. The predicted molar refractivity (Wildman–Crippen MR) is 60.0 cm³/mol. The largest absolute Gasteiger partial charge is 0.385 e. The first-order chi connectivity index (χ1) is 6.92. The number of halogens is 1. The highest BCUT2D eigenvalue weighted by Crippen LogP contribution is 2.27. The molecule has 0 fully saturated rings. The molecule has 0 aliphatic carbocycles. The highest BCUT2D eigenvalue weighted by Gasteiger charge is 2.22. The summed E-state index contributed by atoms with van der Waals surface area (Å²) in [5, 5.41) is 10.2. The van der Waals surface area contributed by atoms with Crippen LogP contribution in [-0.2, 0) is 5.60 Å². The molecule has 15 heavy (non-hydrogen) atoms. The fraction of sp³-hybridized carbons (Fsp3) is 0.538. The van der Waals surface area contributed by atoms with Crippen LogP contribution in [0, 0.1) is 11.7 Å². The third-order valence-corrected chi connectivity index (χ3v) is 2.67. The van der Waals surface area contributed by atoms with Gasteiger partial charge in [-0.05, 0) is 43.4 Å². The Kier molecular flexibility index (Phi) is 3.86. The molecule has 84 valence electrons. The molecule has 1 aromatic rings. The zero-order valence-corrected chi connectivity index (χ0v) is 9.63. The molecule has 0 saturated heterocycles. The molecule has 1 aromatic carbocycles. The summed E-state index contributed by atoms with van der Waals surface area (Å²) in [4.78, 5) is 0. The lowest BCUT2D eigenvalue weighted by molar-refractivity contribution is 0.0420. The van der Waals surface area contributed by atoms with Crippen LogP contribution in [0.2, 0.25) is 0 Å². The first-order valence-corrected chi connectivity index (χ1v) is 5.40. The Bertz CT molecular complexity index is 301. The Hall–Kier alpha value is -0.890. The van der Waals surface area contributed by atoms with Crippen molar-refractivity contribution in [3.63, 3.8) is 0 Å². The summed E-state index contributed by atoms with van der Waals surface area (Å²) in [6.45, 7) is 6.03. The van der Waals surface area contributed by atoms with Crippen LogP contribution in [0.5, 0.6) is 0 Å². The van der Waals surface area contributed by atoms with E-state index in [2.05, 4.69) is 13.8 Å². The van der Waals surface area contributed by atoms with E-state index in [0.717, 1.165) is 12.0 Å². The van der Waals surface area contributed by atoms with Gasteiger partial charge in [-0.15, -0.1) is 0 Å². The van der Waals surface area contributed by atoms with Gasteiger partial charge in [0.15, 0.2) is 0 Å². The third-order valence-electron chi connectivity index (χ3n) is 2.67. The fourth-order valence-electron chi connectivity index (χ4n) is 1.52. The van der Waals surface area contributed by atoms with Crippen molar-refractivity contribution in [2.75, 3.05) is 0 Å². The monoisotopic (exact) mass is 210 g/mol. The van der Waals surface area contributed by atoms with Crippen LogP contribution in [0.4, 0.5) is 4.39 Å². The maximum atomic E-state index is 12.7. The van der Waals surface area contributed by atoms with Crippen LogP contribution in [0.3, 0.4) is 0 Å². The topological polar surface area (TPSA) is 20.2 Å². The number of rotatable bonds is 4. The van der Waals surface area contributed by atoms with E-state index >= 15 is 0 Å². The van der Waals surface area contributed by atoms with Crippen molar-refractivity contribution in [1.82, 2.24) is 0 Å². The Morgan fingerprint density at radius 2 is 1.80 bits per heavy atom. The van der Waals surface area contributed by atoms with E-state index in [1.165, 1.54) is 12.1 Å². The highest BCUT2D eigenvalue weighted by atomic mass is 19.1. The minimum Gasteiger partial charge on any atom is -0.385 e. The molecule has 0 heterocycles. The first-order valence-electron chi connectivity index (χ1n) is 5.40. The first kappa shape index (κ1) is 12.2. The zero-order valence-electron chi connectivity index (χ0n) is 9.63. The summed E-state index contributed by atoms with van der Waals surface area (Å²) in [7, 11) is 0. The van der Waals surface area contributed by atoms with Gasteiger partial charge in [-0.1, -0.05) is 26.0 Å². The molecule has 1 atom stereocenters. The second-order valence-corrected chi connectivity index (χ2v) is 4.71. The maximum absolute atomic E-state index is 12.7. The van der Waals surface area contributed by atoms with Gasteiger partial charge in [0.1, 0.15) is 5.82 Å². The molecule has 1 nitrogen and oxygen atoms in total. The lowest BCUT2D eigenvalue weighted by atomic mass is 9.89. The van der Waals surface area contributed by atoms with E-state index < -0.39 is 5.60 Å². The second kappa shape index (κ2) is 4.75. The number of aliphatic hydroxyl groups is 1. The van der Waals surface area contributed by atoms with E-state index in [4.69, 9.17) is 0 Å². The maximum Gasteiger partial charge on any atom is 0.123 e. The normalized spacial score (nSPS) is 15.3. The van der Waals surface area contributed by atoms with Crippen LogP contribution in [-0.4, -0.2) is 5.11 Å². The van der Waals surface area contributed by atoms with E-state index in [0.29, 0.717) is 12.3 Å². The summed E-state index contributed by atoms with van der Waals surface area (Å²) < 4.78 is 12.7. The molecule has 1 unspecified atom stereocenters. The van der Waals surface area contributed by atoms with Gasteiger partial charge in [0.05, 0.1) is 5.60 Å². The summed E-state index contributed by atoms with van der Waals surface area (Å²) in [5.74, 6) is 0.301. The average molecular weight is 210 g/mol. The van der Waals surface area contributed by atoms with Crippen molar-refractivity contribution >= 4 is 0 Å². The molecule has 1 N–H and O–H groups in total. The van der Waals surface area contributed by atoms with Gasteiger partial charge in [-0.2, -0.15) is 0 Å². The Labute approximate surface area is 90.9 Å². The predicted octanol–water partition coefficient (Wildman–Crippen LogP) is 3.47. The summed E-state index contributed by atoms with van der Waals surface area (Å²) in [6.07, 6.45) is 1.67. The molecule has 0 amide bonds. The average Bonchev–Trinajstić information content (AvgIpc) is 2.16. The fourth-order valence-corrected chi connectivity index (χ4v) is 1.52. The van der Waals surface area contributed by atoms with Gasteiger partial charge in [-0.25, -0.2) is 4.39 Å². The lowest BCUT2D eigenvalue weighted by Gasteiger charge is -2.24. The van der Waals surface area contributed by atoms with Crippen molar-refractivity contribution in [3.05, 3.63) is 35.6 Å². The zero-order chi connectivity index (χ0) is 11.5. The Morgan fingerprint density at radius 3 is 2.27 bits per heavy atom. The van der Waals surface area contributed by atoms with Crippen molar-refractivity contribution < 1.29 is 9.50 Å². The van der Waals surface area contributed by atoms with Gasteiger partial charge in [-0.3, -0.25) is 0 Å². The summed E-state index contributed by atoms with van der Waals surface area (Å²) in [6, 6.07) is 6.07. The minimum atomic E-state index is -0.849. The molecule has 0 aliphatic heterocycles. The molecule has 0 spiro atoms. The summed E-state index contributed by atoms with van der Waals surface area (Å²) in [5.41, 5.74) is -0.0672. The van der Waals surface area contributed by atoms with Crippen LogP contribution in [0.1, 0.15) is 39.2 Å². The van der Waals surface area contributed by atoms with Crippen LogP contribution in [0.15, 0.2) is 24.3 Å². The molecule has 0 radical (unpaired) electrons. The molecular formula is C13H19FO. The molecule has 1 rings (SSSR count). The van der Waals surface area contributed by atoms with Crippen LogP contribution < -0.4 is 0 Å². The van der Waals surface area contributed by atoms with Gasteiger partial charge >= 0.3 is 0 Å². The molecular weight excluding hydrogens is 191 g/mol. The van der Waals surface area contributed by atoms with Crippen LogP contribution in [0.25, 0.3) is 0 Å². The third kappa shape index (κ3) is 3.63. The van der Waals surface area contributed by atoms with E-state index in [9.17, 15) is 9.50 Å². The van der Waals surface area contributed by atoms with Crippen molar-refractivity contribution in [2.45, 2.75) is 39.2 Å². The quantitative estimate of drug-likeness (QED) is 0.806.